The molecule has 0 spiro atoms. The normalized spacial score (nSPS) is 11.1. The molecule has 0 aliphatic rings. The number of aromatic nitrogens is 2. The van der Waals surface area contributed by atoms with Crippen LogP contribution < -0.4 is 5.32 Å². The van der Waals surface area contributed by atoms with Gasteiger partial charge in [-0.2, -0.15) is 0 Å². The number of imidazole rings is 1. The van der Waals surface area contributed by atoms with E-state index >= 15 is 0 Å². The summed E-state index contributed by atoms with van der Waals surface area (Å²) >= 11 is 0. The second-order valence-electron chi connectivity index (χ2n) is 4.16. The van der Waals surface area contributed by atoms with Gasteiger partial charge < -0.3 is 9.88 Å². The van der Waals surface area contributed by atoms with Crippen LogP contribution in [-0.4, -0.2) is 22.6 Å². The van der Waals surface area contributed by atoms with Gasteiger partial charge in [-0.05, 0) is 25.4 Å². The molecular weight excluding hydrogens is 174 g/mol. The van der Waals surface area contributed by atoms with Crippen molar-refractivity contribution in [3.63, 3.8) is 0 Å². The van der Waals surface area contributed by atoms with Crippen LogP contribution >= 0.6 is 0 Å². The van der Waals surface area contributed by atoms with Gasteiger partial charge in [-0.15, -0.1) is 0 Å². The van der Waals surface area contributed by atoms with Gasteiger partial charge in [0.25, 0.3) is 0 Å². The molecule has 0 saturated carbocycles. The maximum Gasteiger partial charge on any atom is 0.108 e. The molecular formula is C11H21N3. The van der Waals surface area contributed by atoms with Crippen molar-refractivity contribution in [3.05, 3.63) is 18.2 Å². The number of rotatable bonds is 6. The molecule has 1 aromatic heterocycles. The lowest BCUT2D eigenvalue weighted by molar-refractivity contribution is 0.539. The van der Waals surface area contributed by atoms with Crippen molar-refractivity contribution >= 4 is 0 Å². The molecule has 1 rings (SSSR count). The van der Waals surface area contributed by atoms with E-state index in [2.05, 4.69) is 28.7 Å². The molecule has 0 fully saturated rings. The molecule has 0 saturated heterocycles. The second-order valence-corrected chi connectivity index (χ2v) is 4.16. The van der Waals surface area contributed by atoms with E-state index in [1.807, 2.05) is 19.4 Å². The summed E-state index contributed by atoms with van der Waals surface area (Å²) in [6.07, 6.45) is 6.08. The summed E-state index contributed by atoms with van der Waals surface area (Å²) < 4.78 is 2.09. The van der Waals surface area contributed by atoms with E-state index in [1.54, 1.807) is 0 Å². The lowest BCUT2D eigenvalue weighted by Gasteiger charge is -2.06. The maximum atomic E-state index is 4.28. The first-order valence-electron chi connectivity index (χ1n) is 5.37. The van der Waals surface area contributed by atoms with Gasteiger partial charge in [0.1, 0.15) is 5.82 Å². The molecule has 0 amide bonds. The smallest absolute Gasteiger partial charge is 0.108 e. The SMILES string of the molecule is CC(C)CNCCCc1nccn1C. The van der Waals surface area contributed by atoms with Crippen molar-refractivity contribution in [2.45, 2.75) is 26.7 Å². The third kappa shape index (κ3) is 3.92. The molecule has 1 N–H and O–H groups in total. The van der Waals surface area contributed by atoms with Crippen LogP contribution in [0.15, 0.2) is 12.4 Å². The Hall–Kier alpha value is -0.830. The summed E-state index contributed by atoms with van der Waals surface area (Å²) in [7, 11) is 2.05. The van der Waals surface area contributed by atoms with E-state index in [1.165, 1.54) is 5.82 Å². The minimum absolute atomic E-state index is 0.739. The number of nitrogens with zero attached hydrogens (tertiary/aromatic N) is 2. The van der Waals surface area contributed by atoms with Gasteiger partial charge in [0, 0.05) is 25.9 Å². The van der Waals surface area contributed by atoms with E-state index in [0.29, 0.717) is 0 Å². The summed E-state index contributed by atoms with van der Waals surface area (Å²) in [5.41, 5.74) is 0. The van der Waals surface area contributed by atoms with Crippen LogP contribution in [0.4, 0.5) is 0 Å². The van der Waals surface area contributed by atoms with Gasteiger partial charge in [0.05, 0.1) is 0 Å². The predicted octanol–water partition coefficient (Wildman–Crippen LogP) is 1.60. The zero-order chi connectivity index (χ0) is 10.4. The van der Waals surface area contributed by atoms with Gasteiger partial charge in [0.2, 0.25) is 0 Å². The molecule has 1 heterocycles. The van der Waals surface area contributed by atoms with Crippen molar-refractivity contribution in [1.29, 1.82) is 0 Å². The second kappa shape index (κ2) is 5.81. The fourth-order valence-corrected chi connectivity index (χ4v) is 1.40. The average Bonchev–Trinajstić information content (AvgIpc) is 2.51. The zero-order valence-corrected chi connectivity index (χ0v) is 9.45. The summed E-state index contributed by atoms with van der Waals surface area (Å²) in [6.45, 7) is 6.66. The highest BCUT2D eigenvalue weighted by atomic mass is 15.0. The molecule has 0 aromatic carbocycles. The highest BCUT2D eigenvalue weighted by Gasteiger charge is 1.98. The summed E-state index contributed by atoms with van der Waals surface area (Å²) in [5, 5.41) is 3.43. The topological polar surface area (TPSA) is 29.9 Å². The standard InChI is InChI=1S/C11H21N3/c1-10(2)9-12-6-4-5-11-13-7-8-14(11)3/h7-8,10,12H,4-6,9H2,1-3H3. The molecule has 0 bridgehead atoms. The molecule has 3 heteroatoms. The highest BCUT2D eigenvalue weighted by Crippen LogP contribution is 1.98. The van der Waals surface area contributed by atoms with Crippen LogP contribution in [0.1, 0.15) is 26.1 Å². The molecule has 80 valence electrons. The largest absolute Gasteiger partial charge is 0.338 e. The molecule has 0 atom stereocenters. The minimum atomic E-state index is 0.739. The zero-order valence-electron chi connectivity index (χ0n) is 9.45. The van der Waals surface area contributed by atoms with Gasteiger partial charge in [-0.25, -0.2) is 4.98 Å². The molecule has 0 unspecified atom stereocenters. The average molecular weight is 195 g/mol. The summed E-state index contributed by atoms with van der Waals surface area (Å²) in [6, 6.07) is 0. The van der Waals surface area contributed by atoms with Gasteiger partial charge in [-0.1, -0.05) is 13.8 Å². The van der Waals surface area contributed by atoms with Crippen molar-refractivity contribution in [1.82, 2.24) is 14.9 Å². The first kappa shape index (κ1) is 11.2. The van der Waals surface area contributed by atoms with Crippen LogP contribution in [0, 0.1) is 5.92 Å². The fourth-order valence-electron chi connectivity index (χ4n) is 1.40. The lowest BCUT2D eigenvalue weighted by Crippen LogP contribution is -2.21. The predicted molar refractivity (Wildman–Crippen MR) is 59.2 cm³/mol. The molecule has 0 aliphatic carbocycles. The van der Waals surface area contributed by atoms with E-state index in [9.17, 15) is 0 Å². The van der Waals surface area contributed by atoms with Crippen LogP contribution in [-0.2, 0) is 13.5 Å². The molecule has 3 nitrogen and oxygen atoms in total. The van der Waals surface area contributed by atoms with Gasteiger partial charge >= 0.3 is 0 Å². The minimum Gasteiger partial charge on any atom is -0.338 e. The summed E-state index contributed by atoms with van der Waals surface area (Å²) in [4.78, 5) is 4.28. The molecule has 0 radical (unpaired) electrons. The molecule has 1 aromatic rings. The van der Waals surface area contributed by atoms with E-state index < -0.39 is 0 Å². The quantitative estimate of drug-likeness (QED) is 0.699. The van der Waals surface area contributed by atoms with E-state index in [-0.39, 0.29) is 0 Å². The lowest BCUT2D eigenvalue weighted by atomic mass is 10.2. The van der Waals surface area contributed by atoms with Crippen molar-refractivity contribution < 1.29 is 0 Å². The Morgan fingerprint density at radius 3 is 2.86 bits per heavy atom. The van der Waals surface area contributed by atoms with Crippen molar-refractivity contribution in [2.75, 3.05) is 13.1 Å². The van der Waals surface area contributed by atoms with Gasteiger partial charge in [-0.3, -0.25) is 0 Å². The number of nitrogens with one attached hydrogen (secondary N) is 1. The first-order chi connectivity index (χ1) is 6.70. The Labute approximate surface area is 86.5 Å². The van der Waals surface area contributed by atoms with Crippen LogP contribution in [0.25, 0.3) is 0 Å². The fraction of sp³-hybridized carbons (Fsp3) is 0.727. The Morgan fingerprint density at radius 2 is 2.29 bits per heavy atom. The van der Waals surface area contributed by atoms with Gasteiger partial charge in [0.15, 0.2) is 0 Å². The Bertz CT molecular complexity index is 253. The van der Waals surface area contributed by atoms with E-state index in [4.69, 9.17) is 0 Å². The summed E-state index contributed by atoms with van der Waals surface area (Å²) in [5.74, 6) is 1.92. The van der Waals surface area contributed by atoms with E-state index in [0.717, 1.165) is 31.8 Å². The maximum absolute atomic E-state index is 4.28. The Morgan fingerprint density at radius 1 is 1.50 bits per heavy atom. The number of aryl methyl sites for hydroxylation is 2. The monoisotopic (exact) mass is 195 g/mol. The van der Waals surface area contributed by atoms with Crippen LogP contribution in [0.5, 0.6) is 0 Å². The number of hydrogen-bond acceptors (Lipinski definition) is 2. The Balaban J connectivity index is 2.08. The Kier molecular flexibility index (Phi) is 4.66. The van der Waals surface area contributed by atoms with Crippen LogP contribution in [0.3, 0.4) is 0 Å². The van der Waals surface area contributed by atoms with Crippen LogP contribution in [0.2, 0.25) is 0 Å². The molecule has 0 aliphatic heterocycles. The molecule has 14 heavy (non-hydrogen) atoms. The first-order valence-corrected chi connectivity index (χ1v) is 5.37. The van der Waals surface area contributed by atoms with Crippen molar-refractivity contribution in [2.24, 2.45) is 13.0 Å². The highest BCUT2D eigenvalue weighted by molar-refractivity contribution is 4.90. The third-order valence-corrected chi connectivity index (χ3v) is 2.23. The number of hydrogen-bond donors (Lipinski definition) is 1. The third-order valence-electron chi connectivity index (χ3n) is 2.23. The van der Waals surface area contributed by atoms with Crippen molar-refractivity contribution in [3.8, 4) is 0 Å².